The first-order valence-corrected chi connectivity index (χ1v) is 16.6. The Bertz CT molecular complexity index is 1680. The van der Waals surface area contributed by atoms with Crippen molar-refractivity contribution in [2.75, 3.05) is 76.8 Å². The van der Waals surface area contributed by atoms with E-state index in [1.165, 1.54) is 12.3 Å². The Labute approximate surface area is 287 Å². The number of anilines is 3. The number of methoxy groups -OCH3 is 1. The molecule has 2 heterocycles. The molecule has 0 spiro atoms. The standard InChI is InChI=1S/C37H45FN6O5/c1-5-47-32-12-6-7-13-33(32)49-36-29(35(45)41-34-26(2)10-8-11-27(34)3)25-39-37(42-36)40-28-14-15-31(30(38)24-28)48-22-9-16-43-17-19-44(20-18-43)21-23-46-4/h6-8,10-15,24-25H,5,9,16-23H2,1-4H3,(H,41,45)(H,39,40,42). The lowest BCUT2D eigenvalue weighted by atomic mass is 10.1. The summed E-state index contributed by atoms with van der Waals surface area (Å²) in [7, 11) is 1.73. The fourth-order valence-corrected chi connectivity index (χ4v) is 5.52. The van der Waals surface area contributed by atoms with Crippen LogP contribution in [0.15, 0.2) is 66.9 Å². The van der Waals surface area contributed by atoms with Gasteiger partial charge in [-0.3, -0.25) is 9.69 Å². The Kier molecular flexibility index (Phi) is 12.7. The number of carbonyl (C=O) groups is 1. The minimum Gasteiger partial charge on any atom is -0.490 e. The molecule has 49 heavy (non-hydrogen) atoms. The first-order chi connectivity index (χ1) is 23.8. The van der Waals surface area contributed by atoms with Gasteiger partial charge in [0.05, 0.1) is 19.8 Å². The number of para-hydroxylation sites is 3. The van der Waals surface area contributed by atoms with Crippen LogP contribution in [0.1, 0.15) is 34.8 Å². The summed E-state index contributed by atoms with van der Waals surface area (Å²) >= 11 is 0. The number of halogens is 1. The lowest BCUT2D eigenvalue weighted by Gasteiger charge is -2.34. The van der Waals surface area contributed by atoms with Gasteiger partial charge in [0, 0.05) is 70.0 Å². The molecule has 0 aliphatic carbocycles. The number of aromatic nitrogens is 2. The quantitative estimate of drug-likeness (QED) is 0.129. The molecule has 0 atom stereocenters. The van der Waals surface area contributed by atoms with E-state index in [-0.39, 0.29) is 23.1 Å². The highest BCUT2D eigenvalue weighted by molar-refractivity contribution is 6.06. The average molecular weight is 673 g/mol. The smallest absolute Gasteiger partial charge is 0.262 e. The summed E-state index contributed by atoms with van der Waals surface area (Å²) in [5.41, 5.74) is 3.05. The van der Waals surface area contributed by atoms with Crippen LogP contribution in [0.25, 0.3) is 0 Å². The van der Waals surface area contributed by atoms with Crippen molar-refractivity contribution in [3.8, 4) is 23.1 Å². The third kappa shape index (κ3) is 9.88. The van der Waals surface area contributed by atoms with Crippen LogP contribution < -0.4 is 24.8 Å². The van der Waals surface area contributed by atoms with Crippen molar-refractivity contribution in [1.29, 1.82) is 0 Å². The van der Waals surface area contributed by atoms with Crippen LogP contribution in [0.2, 0.25) is 0 Å². The maximum absolute atomic E-state index is 15.1. The van der Waals surface area contributed by atoms with Crippen LogP contribution in [0, 0.1) is 19.7 Å². The molecule has 4 aromatic rings. The summed E-state index contributed by atoms with van der Waals surface area (Å²) < 4.78 is 37.9. The third-order valence-electron chi connectivity index (χ3n) is 8.21. The van der Waals surface area contributed by atoms with Gasteiger partial charge in [0.2, 0.25) is 11.8 Å². The van der Waals surface area contributed by atoms with Gasteiger partial charge in [-0.1, -0.05) is 30.3 Å². The first-order valence-electron chi connectivity index (χ1n) is 16.6. The van der Waals surface area contributed by atoms with Gasteiger partial charge >= 0.3 is 0 Å². The predicted octanol–water partition coefficient (Wildman–Crippen LogP) is 6.45. The predicted molar refractivity (Wildman–Crippen MR) is 188 cm³/mol. The van der Waals surface area contributed by atoms with Crippen molar-refractivity contribution >= 4 is 23.2 Å². The highest BCUT2D eigenvalue weighted by Gasteiger charge is 2.21. The number of nitrogens with one attached hydrogen (secondary N) is 2. The summed E-state index contributed by atoms with van der Waals surface area (Å²) in [6, 6.07) is 17.5. The molecule has 1 aliphatic rings. The van der Waals surface area contributed by atoms with Crippen LogP contribution >= 0.6 is 0 Å². The molecule has 11 nitrogen and oxygen atoms in total. The van der Waals surface area contributed by atoms with Gasteiger partial charge in [-0.05, 0) is 62.6 Å². The molecule has 260 valence electrons. The largest absolute Gasteiger partial charge is 0.490 e. The van der Waals surface area contributed by atoms with E-state index in [0.29, 0.717) is 36.1 Å². The van der Waals surface area contributed by atoms with E-state index in [4.69, 9.17) is 18.9 Å². The SMILES string of the molecule is CCOc1ccccc1Oc1nc(Nc2ccc(OCCCN3CCN(CCOC)CC3)c(F)c2)ncc1C(=O)Nc1c(C)cccc1C. The van der Waals surface area contributed by atoms with Crippen molar-refractivity contribution in [2.45, 2.75) is 27.2 Å². The molecule has 0 unspecified atom stereocenters. The third-order valence-corrected chi connectivity index (χ3v) is 8.21. The van der Waals surface area contributed by atoms with Crippen LogP contribution in [-0.2, 0) is 4.74 Å². The number of ether oxygens (including phenoxy) is 4. The highest BCUT2D eigenvalue weighted by Crippen LogP contribution is 2.33. The maximum atomic E-state index is 15.1. The topological polar surface area (TPSA) is 110 Å². The van der Waals surface area contributed by atoms with Crippen molar-refractivity contribution in [3.63, 3.8) is 0 Å². The number of amides is 1. The van der Waals surface area contributed by atoms with E-state index >= 15 is 4.39 Å². The van der Waals surface area contributed by atoms with E-state index < -0.39 is 11.7 Å². The minimum atomic E-state index is -0.511. The lowest BCUT2D eigenvalue weighted by Crippen LogP contribution is -2.47. The normalized spacial score (nSPS) is 13.6. The molecule has 3 aromatic carbocycles. The van der Waals surface area contributed by atoms with E-state index in [2.05, 4.69) is 30.4 Å². The fraction of sp³-hybridized carbons (Fsp3) is 0.378. The fourth-order valence-electron chi connectivity index (χ4n) is 5.52. The van der Waals surface area contributed by atoms with Gasteiger partial charge in [-0.2, -0.15) is 4.98 Å². The number of rotatable bonds is 16. The van der Waals surface area contributed by atoms with Gasteiger partial charge in [0.1, 0.15) is 5.56 Å². The molecule has 1 saturated heterocycles. The minimum absolute atomic E-state index is 0.00482. The van der Waals surface area contributed by atoms with E-state index in [0.717, 1.165) is 63.4 Å². The molecule has 1 amide bonds. The number of nitrogens with zero attached hydrogens (tertiary/aromatic N) is 4. The molecular formula is C37H45FN6O5. The van der Waals surface area contributed by atoms with Crippen molar-refractivity contribution in [2.24, 2.45) is 0 Å². The van der Waals surface area contributed by atoms with Gasteiger partial charge in [-0.25, -0.2) is 9.37 Å². The molecular weight excluding hydrogens is 627 g/mol. The highest BCUT2D eigenvalue weighted by atomic mass is 19.1. The maximum Gasteiger partial charge on any atom is 0.262 e. The average Bonchev–Trinajstić information content (AvgIpc) is 3.10. The Morgan fingerprint density at radius 3 is 2.29 bits per heavy atom. The summed E-state index contributed by atoms with van der Waals surface area (Å²) in [6.45, 7) is 13.2. The first kappa shape index (κ1) is 35.5. The van der Waals surface area contributed by atoms with Crippen LogP contribution in [0.3, 0.4) is 0 Å². The van der Waals surface area contributed by atoms with Crippen molar-refractivity contribution in [3.05, 3.63) is 89.4 Å². The van der Waals surface area contributed by atoms with Gasteiger partial charge < -0.3 is 34.5 Å². The zero-order chi connectivity index (χ0) is 34.6. The lowest BCUT2D eigenvalue weighted by molar-refractivity contribution is 0.0940. The zero-order valence-electron chi connectivity index (χ0n) is 28.6. The van der Waals surface area contributed by atoms with Gasteiger partial charge in [0.25, 0.3) is 5.91 Å². The number of aryl methyl sites for hydroxylation is 2. The number of hydrogen-bond acceptors (Lipinski definition) is 10. The summed E-state index contributed by atoms with van der Waals surface area (Å²) in [5, 5.41) is 5.99. The molecule has 0 bridgehead atoms. The molecule has 1 fully saturated rings. The van der Waals surface area contributed by atoms with E-state index in [1.807, 2.05) is 45.0 Å². The van der Waals surface area contributed by atoms with Crippen molar-refractivity contribution in [1.82, 2.24) is 19.8 Å². The van der Waals surface area contributed by atoms with Gasteiger partial charge in [-0.15, -0.1) is 0 Å². The molecule has 12 heteroatoms. The number of carbonyl (C=O) groups excluding carboxylic acids is 1. The molecule has 0 radical (unpaired) electrons. The Morgan fingerprint density at radius 1 is 0.878 bits per heavy atom. The van der Waals surface area contributed by atoms with E-state index in [1.54, 1.807) is 37.4 Å². The van der Waals surface area contributed by atoms with E-state index in [9.17, 15) is 4.79 Å². The summed E-state index contributed by atoms with van der Waals surface area (Å²) in [4.78, 5) is 27.2. The van der Waals surface area contributed by atoms with Crippen LogP contribution in [0.5, 0.6) is 23.1 Å². The molecule has 2 N–H and O–H groups in total. The van der Waals surface area contributed by atoms with Crippen molar-refractivity contribution < 1.29 is 28.1 Å². The zero-order valence-corrected chi connectivity index (χ0v) is 28.6. The van der Waals surface area contributed by atoms with Crippen LogP contribution in [0.4, 0.5) is 21.7 Å². The second-order valence-corrected chi connectivity index (χ2v) is 11.8. The summed E-state index contributed by atoms with van der Waals surface area (Å²) in [5.74, 6) is 0.219. The summed E-state index contributed by atoms with van der Waals surface area (Å²) in [6.07, 6.45) is 2.17. The Morgan fingerprint density at radius 2 is 1.59 bits per heavy atom. The van der Waals surface area contributed by atoms with Gasteiger partial charge in [0.15, 0.2) is 23.1 Å². The number of hydrogen-bond donors (Lipinski definition) is 2. The van der Waals surface area contributed by atoms with Crippen LogP contribution in [-0.4, -0.2) is 91.9 Å². The number of benzene rings is 3. The Hall–Kier alpha value is -4.78. The monoisotopic (exact) mass is 672 g/mol. The molecule has 1 aromatic heterocycles. The second-order valence-electron chi connectivity index (χ2n) is 11.8. The molecule has 0 saturated carbocycles. The molecule has 5 rings (SSSR count). The second kappa shape index (κ2) is 17.6. The molecule has 1 aliphatic heterocycles. The Balaban J connectivity index is 1.25. The number of piperazine rings is 1.